The lowest BCUT2D eigenvalue weighted by Gasteiger charge is -2.29. The molecule has 0 aliphatic heterocycles. The fourth-order valence-electron chi connectivity index (χ4n) is 5.95. The van der Waals surface area contributed by atoms with Gasteiger partial charge in [-0.15, -0.1) is 0 Å². The number of rotatable bonds is 39. The molecule has 0 spiro atoms. The highest BCUT2D eigenvalue weighted by Crippen LogP contribution is 2.38. The van der Waals surface area contributed by atoms with Crippen LogP contribution in [-0.4, -0.2) is 68.5 Å². The van der Waals surface area contributed by atoms with Crippen LogP contribution in [-0.2, 0) is 18.4 Å². The number of allylic oxidation sites excluding steroid dienone is 7. The van der Waals surface area contributed by atoms with Gasteiger partial charge in [0.25, 0.3) is 7.82 Å². The van der Waals surface area contributed by atoms with E-state index in [0.29, 0.717) is 17.4 Å². The fraction of sp³-hybridized carbons (Fsp3) is 0.800. The largest absolute Gasteiger partial charge is 0.756 e. The van der Waals surface area contributed by atoms with Gasteiger partial charge in [0, 0.05) is 6.42 Å². The SMILES string of the molecule is CCC/C=C/CC/C=C/CC/C=C/C(O)C(COP(=O)([O-])OCC[N+](C)(C)C)NC(=O)CCCCCCCCCCC/C=C\CCCCCCCCCC. The number of nitrogens with zero attached hydrogens (tertiary/aromatic N) is 1. The Bertz CT molecular complexity index is 1020. The molecule has 0 rings (SSSR count). The average Bonchev–Trinajstić information content (AvgIpc) is 3.12. The predicted octanol–water partition coefficient (Wildman–Crippen LogP) is 11.4. The minimum Gasteiger partial charge on any atom is -0.756 e. The molecule has 0 saturated heterocycles. The number of amides is 1. The Morgan fingerprint density at radius 1 is 0.630 bits per heavy atom. The van der Waals surface area contributed by atoms with Crippen molar-refractivity contribution in [2.24, 2.45) is 0 Å². The molecule has 0 fully saturated rings. The van der Waals surface area contributed by atoms with Gasteiger partial charge in [-0.05, 0) is 64.2 Å². The summed E-state index contributed by atoms with van der Waals surface area (Å²) in [5, 5.41) is 13.7. The highest BCUT2D eigenvalue weighted by molar-refractivity contribution is 7.45. The quantitative estimate of drug-likeness (QED) is 0.0278. The van der Waals surface area contributed by atoms with Gasteiger partial charge in [-0.3, -0.25) is 9.36 Å². The van der Waals surface area contributed by atoms with E-state index in [1.807, 2.05) is 27.2 Å². The average molecular weight is 781 g/mol. The van der Waals surface area contributed by atoms with Crippen LogP contribution in [0.5, 0.6) is 0 Å². The van der Waals surface area contributed by atoms with Crippen molar-refractivity contribution in [1.82, 2.24) is 5.32 Å². The molecule has 2 N–H and O–H groups in total. The maximum Gasteiger partial charge on any atom is 0.268 e. The first-order valence-electron chi connectivity index (χ1n) is 22.0. The Labute approximate surface area is 333 Å². The first kappa shape index (κ1) is 52.5. The van der Waals surface area contributed by atoms with E-state index in [2.05, 4.69) is 55.6 Å². The highest BCUT2D eigenvalue weighted by Gasteiger charge is 2.23. The van der Waals surface area contributed by atoms with Gasteiger partial charge in [0.1, 0.15) is 13.2 Å². The standard InChI is InChI=1S/C45H85N2O6P/c1-6-8-10-12-14-16-18-19-20-21-22-23-24-25-26-27-29-31-33-35-37-39-45(49)46-43(42-53-54(50,51)52-41-40-47(3,4)5)44(48)38-36-34-32-30-28-17-15-13-11-9-7-2/h11,13,21-22,28,30,36,38,43-44,48H,6-10,12,14-20,23-27,29,31-35,37,39-42H2,1-5H3,(H-,46,49,50,51)/b13-11+,22-21-,30-28+,38-36+. The van der Waals surface area contributed by atoms with Gasteiger partial charge in [-0.1, -0.05) is 159 Å². The van der Waals surface area contributed by atoms with Crippen molar-refractivity contribution >= 4 is 13.7 Å². The maximum atomic E-state index is 12.8. The number of carbonyl (C=O) groups excluding carboxylic acids is 1. The number of aliphatic hydroxyl groups excluding tert-OH is 1. The Balaban J connectivity index is 4.35. The lowest BCUT2D eigenvalue weighted by atomic mass is 10.0. The van der Waals surface area contributed by atoms with Crippen LogP contribution in [0.25, 0.3) is 0 Å². The zero-order valence-electron chi connectivity index (χ0n) is 35.7. The third-order valence-electron chi connectivity index (χ3n) is 9.47. The number of hydrogen-bond acceptors (Lipinski definition) is 6. The lowest BCUT2D eigenvalue weighted by Crippen LogP contribution is -2.45. The summed E-state index contributed by atoms with van der Waals surface area (Å²) in [6.07, 6.45) is 46.0. The summed E-state index contributed by atoms with van der Waals surface area (Å²) in [7, 11) is 1.23. The van der Waals surface area contributed by atoms with Crippen LogP contribution in [0.3, 0.4) is 0 Å². The summed E-state index contributed by atoms with van der Waals surface area (Å²) in [4.78, 5) is 25.2. The van der Waals surface area contributed by atoms with Gasteiger partial charge in [0.2, 0.25) is 5.91 Å². The Kier molecular flexibility index (Phi) is 36.0. The van der Waals surface area contributed by atoms with Crippen molar-refractivity contribution in [1.29, 1.82) is 0 Å². The van der Waals surface area contributed by atoms with E-state index in [4.69, 9.17) is 9.05 Å². The molecule has 8 nitrogen and oxygen atoms in total. The number of phosphoric ester groups is 1. The van der Waals surface area contributed by atoms with Crippen molar-refractivity contribution in [3.63, 3.8) is 0 Å². The molecule has 0 aromatic carbocycles. The van der Waals surface area contributed by atoms with E-state index < -0.39 is 26.6 Å². The monoisotopic (exact) mass is 781 g/mol. The molecular formula is C45H85N2O6P. The first-order chi connectivity index (χ1) is 26.0. The van der Waals surface area contributed by atoms with Crippen molar-refractivity contribution in [3.8, 4) is 0 Å². The molecular weight excluding hydrogens is 695 g/mol. The summed E-state index contributed by atoms with van der Waals surface area (Å²) in [5.41, 5.74) is 0. The number of unbranched alkanes of at least 4 members (excludes halogenated alkanes) is 20. The second-order valence-electron chi connectivity index (χ2n) is 16.0. The molecule has 1 amide bonds. The van der Waals surface area contributed by atoms with Crippen LogP contribution in [0, 0.1) is 0 Å². The number of aliphatic hydroxyl groups is 1. The summed E-state index contributed by atoms with van der Waals surface area (Å²) in [5.74, 6) is -0.217. The van der Waals surface area contributed by atoms with E-state index >= 15 is 0 Å². The Hall–Kier alpha value is -1.54. The number of nitrogens with one attached hydrogen (secondary N) is 1. The van der Waals surface area contributed by atoms with Crippen LogP contribution in [0.2, 0.25) is 0 Å². The van der Waals surface area contributed by atoms with Crippen LogP contribution in [0.15, 0.2) is 48.6 Å². The van der Waals surface area contributed by atoms with Crippen molar-refractivity contribution in [2.75, 3.05) is 40.9 Å². The van der Waals surface area contributed by atoms with Gasteiger partial charge in [0.15, 0.2) is 0 Å². The molecule has 0 heterocycles. The zero-order valence-corrected chi connectivity index (χ0v) is 36.6. The summed E-state index contributed by atoms with van der Waals surface area (Å²) in [6, 6.07) is -0.908. The molecule has 9 heteroatoms. The first-order valence-corrected chi connectivity index (χ1v) is 23.5. The van der Waals surface area contributed by atoms with Gasteiger partial charge in [-0.2, -0.15) is 0 Å². The van der Waals surface area contributed by atoms with Crippen molar-refractivity contribution < 1.29 is 32.9 Å². The summed E-state index contributed by atoms with van der Waals surface area (Å²) >= 11 is 0. The molecule has 0 aliphatic rings. The van der Waals surface area contributed by atoms with E-state index in [0.717, 1.165) is 51.4 Å². The molecule has 316 valence electrons. The molecule has 0 radical (unpaired) electrons. The Morgan fingerprint density at radius 3 is 1.57 bits per heavy atom. The minimum atomic E-state index is -4.59. The number of likely N-dealkylation sites (N-methyl/N-ethyl adjacent to an activating group) is 1. The van der Waals surface area contributed by atoms with E-state index in [1.165, 1.54) is 109 Å². The van der Waals surface area contributed by atoms with Gasteiger partial charge < -0.3 is 28.8 Å². The molecule has 0 aliphatic carbocycles. The molecule has 3 unspecified atom stereocenters. The van der Waals surface area contributed by atoms with Crippen LogP contribution in [0.1, 0.15) is 181 Å². The second kappa shape index (κ2) is 37.1. The number of hydrogen-bond donors (Lipinski definition) is 2. The summed E-state index contributed by atoms with van der Waals surface area (Å²) < 4.78 is 23.1. The highest BCUT2D eigenvalue weighted by atomic mass is 31.2. The smallest absolute Gasteiger partial charge is 0.268 e. The normalized spacial score (nSPS) is 14.9. The molecule has 0 saturated carbocycles. The van der Waals surface area contributed by atoms with E-state index in [-0.39, 0.29) is 12.5 Å². The van der Waals surface area contributed by atoms with E-state index in [9.17, 15) is 19.4 Å². The maximum absolute atomic E-state index is 12.8. The number of quaternary nitrogens is 1. The fourth-order valence-corrected chi connectivity index (χ4v) is 6.67. The topological polar surface area (TPSA) is 108 Å². The lowest BCUT2D eigenvalue weighted by molar-refractivity contribution is -0.870. The zero-order chi connectivity index (χ0) is 40.0. The molecule has 0 aromatic heterocycles. The second-order valence-corrected chi connectivity index (χ2v) is 17.4. The molecule has 0 bridgehead atoms. The third kappa shape index (κ3) is 38.7. The molecule has 0 aromatic rings. The molecule has 3 atom stereocenters. The van der Waals surface area contributed by atoms with Crippen molar-refractivity contribution in [3.05, 3.63) is 48.6 Å². The third-order valence-corrected chi connectivity index (χ3v) is 10.4. The van der Waals surface area contributed by atoms with Crippen LogP contribution >= 0.6 is 7.82 Å². The van der Waals surface area contributed by atoms with E-state index in [1.54, 1.807) is 6.08 Å². The molecule has 54 heavy (non-hydrogen) atoms. The van der Waals surface area contributed by atoms with Gasteiger partial charge >= 0.3 is 0 Å². The van der Waals surface area contributed by atoms with Gasteiger partial charge in [-0.25, -0.2) is 0 Å². The Morgan fingerprint density at radius 2 is 1.07 bits per heavy atom. The minimum absolute atomic E-state index is 0.0105. The number of phosphoric acid groups is 1. The predicted molar refractivity (Wildman–Crippen MR) is 228 cm³/mol. The van der Waals surface area contributed by atoms with Gasteiger partial charge in [0.05, 0.1) is 39.9 Å². The van der Waals surface area contributed by atoms with Crippen LogP contribution in [0.4, 0.5) is 0 Å². The number of carbonyl (C=O) groups is 1. The summed E-state index contributed by atoms with van der Waals surface area (Å²) in [6.45, 7) is 4.53. The van der Waals surface area contributed by atoms with Crippen LogP contribution < -0.4 is 10.2 Å². The van der Waals surface area contributed by atoms with Crippen molar-refractivity contribution in [2.45, 2.75) is 193 Å².